The predicted octanol–water partition coefficient (Wildman–Crippen LogP) is 28.0. The van der Waals surface area contributed by atoms with E-state index in [-0.39, 0.29) is 25.7 Å². The molecule has 0 aromatic heterocycles. The summed E-state index contributed by atoms with van der Waals surface area (Å²) in [5, 5.41) is 10.7. The fourth-order valence-corrected chi connectivity index (χ4v) is 15.8. The Labute approximate surface area is 677 Å². The second kappa shape index (κ2) is 80.8. The number of aliphatic hydroxyl groups is 1. The van der Waals surface area contributed by atoms with Crippen LogP contribution in [0.4, 0.5) is 0 Å². The van der Waals surface area contributed by atoms with Crippen LogP contribution in [0.5, 0.6) is 0 Å². The molecule has 0 heterocycles. The lowest BCUT2D eigenvalue weighted by Crippen LogP contribution is -2.30. The molecule has 0 saturated carbocycles. The van der Waals surface area contributed by atoms with Gasteiger partial charge in [0, 0.05) is 25.7 Å². The fraction of sp³-hybridized carbons (Fsp3) is 0.956. The molecule has 0 aliphatic carbocycles. The minimum absolute atomic E-state index is 0.108. The van der Waals surface area contributed by atoms with Crippen molar-refractivity contribution in [1.29, 1.82) is 0 Å². The van der Waals surface area contributed by atoms with Crippen LogP contribution >= 0.6 is 15.6 Å². The smallest absolute Gasteiger partial charge is 0.462 e. The van der Waals surface area contributed by atoms with Gasteiger partial charge in [0.25, 0.3) is 0 Å². The molecule has 0 aromatic rings. The highest BCUT2D eigenvalue weighted by molar-refractivity contribution is 7.47. The molecule has 3 N–H and O–H groups in total. The number of rotatable bonds is 89. The van der Waals surface area contributed by atoms with Gasteiger partial charge in [-0.1, -0.05) is 434 Å². The van der Waals surface area contributed by atoms with Crippen LogP contribution in [0.3, 0.4) is 0 Å². The monoisotopic (exact) mass is 1610 g/mol. The van der Waals surface area contributed by atoms with E-state index < -0.39 is 97.5 Å². The highest BCUT2D eigenvalue weighted by Gasteiger charge is 2.31. The van der Waals surface area contributed by atoms with Gasteiger partial charge in [0.1, 0.15) is 19.3 Å². The largest absolute Gasteiger partial charge is 0.472 e. The van der Waals surface area contributed by atoms with Crippen molar-refractivity contribution < 1.29 is 80.2 Å². The Bertz CT molecular complexity index is 2110. The van der Waals surface area contributed by atoms with Gasteiger partial charge >= 0.3 is 39.5 Å². The van der Waals surface area contributed by atoms with Gasteiger partial charge in [0.15, 0.2) is 12.2 Å². The topological polar surface area (TPSA) is 237 Å². The number of unbranched alkanes of at least 4 members (excludes halogenated alkanes) is 57. The average Bonchev–Trinajstić information content (AvgIpc) is 0.900. The van der Waals surface area contributed by atoms with Crippen LogP contribution in [0.25, 0.3) is 0 Å². The zero-order valence-electron chi connectivity index (χ0n) is 72.7. The van der Waals surface area contributed by atoms with Crippen LogP contribution in [-0.2, 0) is 65.4 Å². The van der Waals surface area contributed by atoms with E-state index in [4.69, 9.17) is 37.0 Å². The van der Waals surface area contributed by atoms with Gasteiger partial charge in [-0.2, -0.15) is 0 Å². The predicted molar refractivity (Wildman–Crippen MR) is 455 cm³/mol. The SMILES string of the molecule is CCCCCCCCCCCCCCCCCCCCCCCC(=O)O[C@H](COC(=O)CCCCCCCCCCCCCCCCCCC(C)C)COP(=O)(O)OC[C@@H](O)COP(=O)(O)OC[C@@H](COC(=O)CCCCCCCCCCCC(C)C)OC(=O)CCCCCCCCCCCCCCCCCC(C)C. The van der Waals surface area contributed by atoms with Gasteiger partial charge in [0.2, 0.25) is 0 Å². The van der Waals surface area contributed by atoms with Gasteiger partial charge in [0.05, 0.1) is 26.4 Å². The van der Waals surface area contributed by atoms with E-state index in [1.807, 2.05) is 0 Å². The van der Waals surface area contributed by atoms with E-state index in [2.05, 4.69) is 48.5 Å². The summed E-state index contributed by atoms with van der Waals surface area (Å²) in [7, 11) is -9.94. The quantitative estimate of drug-likeness (QED) is 0.0222. The van der Waals surface area contributed by atoms with E-state index >= 15 is 0 Å². The Hall–Kier alpha value is -1.94. The van der Waals surface area contributed by atoms with Crippen molar-refractivity contribution in [1.82, 2.24) is 0 Å². The van der Waals surface area contributed by atoms with Crippen molar-refractivity contribution in [2.75, 3.05) is 39.6 Å². The highest BCUT2D eigenvalue weighted by Crippen LogP contribution is 2.45. The highest BCUT2D eigenvalue weighted by atomic mass is 31.2. The molecule has 0 amide bonds. The second-order valence-corrected chi connectivity index (χ2v) is 37.0. The number of hydrogen-bond donors (Lipinski definition) is 3. The van der Waals surface area contributed by atoms with Crippen molar-refractivity contribution in [3.63, 3.8) is 0 Å². The molecule has 0 rings (SSSR count). The van der Waals surface area contributed by atoms with Gasteiger partial charge in [-0.05, 0) is 43.4 Å². The van der Waals surface area contributed by atoms with Gasteiger partial charge in [-0.25, -0.2) is 9.13 Å². The molecule has 17 nitrogen and oxygen atoms in total. The Balaban J connectivity index is 5.25. The van der Waals surface area contributed by atoms with E-state index in [0.717, 1.165) is 108 Å². The summed E-state index contributed by atoms with van der Waals surface area (Å²) >= 11 is 0. The number of aliphatic hydroxyl groups excluding tert-OH is 1. The Kier molecular flexibility index (Phi) is 79.4. The third-order valence-corrected chi connectivity index (χ3v) is 23.3. The molecule has 2 unspecified atom stereocenters. The molecule has 0 aromatic carbocycles. The zero-order chi connectivity index (χ0) is 80.8. The molecule has 0 fully saturated rings. The van der Waals surface area contributed by atoms with E-state index in [9.17, 15) is 43.2 Å². The van der Waals surface area contributed by atoms with E-state index in [0.29, 0.717) is 25.7 Å². The Morgan fingerprint density at radius 2 is 0.418 bits per heavy atom. The van der Waals surface area contributed by atoms with Crippen LogP contribution in [0, 0.1) is 17.8 Å². The first-order valence-electron chi connectivity index (χ1n) is 46.8. The maximum Gasteiger partial charge on any atom is 0.472 e. The average molecular weight is 1610 g/mol. The standard InChI is InChI=1S/C91H178O17P2/c1-8-9-10-11-12-13-14-15-16-17-18-19-20-21-28-33-38-45-53-60-67-74-90(95)107-86(78-101-88(93)72-65-58-51-44-37-32-27-23-22-25-30-35-41-48-55-62-69-82(2)3)80-105-109(97,98)103-76-85(92)77-104-110(99,100)106-81-87(79-102-89(94)73-66-59-52-47-40-43-50-57-64-71-84(6)7)108-91(96)75-68-61-54-46-39-34-29-24-26-31-36-42-49-56-63-70-83(4)5/h82-87,92H,8-81H2,1-7H3,(H,97,98)(H,99,100)/t85-,86-,87-/m1/s1. The van der Waals surface area contributed by atoms with Crippen molar-refractivity contribution in [2.45, 2.75) is 503 Å². The number of carbonyl (C=O) groups excluding carboxylic acids is 4. The minimum atomic E-state index is -4.97. The molecule has 0 radical (unpaired) electrons. The molecule has 0 saturated heterocycles. The van der Waals surface area contributed by atoms with Crippen LogP contribution < -0.4 is 0 Å². The number of carbonyl (C=O) groups is 4. The van der Waals surface area contributed by atoms with E-state index in [1.54, 1.807) is 0 Å². The summed E-state index contributed by atoms with van der Waals surface area (Å²) in [6.07, 6.45) is 73.7. The van der Waals surface area contributed by atoms with Crippen molar-refractivity contribution >= 4 is 39.5 Å². The fourth-order valence-electron chi connectivity index (χ4n) is 14.3. The maximum absolute atomic E-state index is 13.2. The second-order valence-electron chi connectivity index (χ2n) is 34.1. The lowest BCUT2D eigenvalue weighted by atomic mass is 10.0. The third kappa shape index (κ3) is 84.0. The molecule has 5 atom stereocenters. The summed E-state index contributed by atoms with van der Waals surface area (Å²) in [6.45, 7) is 12.1. The van der Waals surface area contributed by atoms with Crippen LogP contribution in [0.1, 0.15) is 485 Å². The Morgan fingerprint density at radius 3 is 0.618 bits per heavy atom. The first-order chi connectivity index (χ1) is 53.2. The zero-order valence-corrected chi connectivity index (χ0v) is 74.5. The summed E-state index contributed by atoms with van der Waals surface area (Å²) < 4.78 is 69.1. The van der Waals surface area contributed by atoms with E-state index in [1.165, 1.54) is 295 Å². The molecule has 0 spiro atoms. The summed E-state index contributed by atoms with van der Waals surface area (Å²) in [5.41, 5.74) is 0. The van der Waals surface area contributed by atoms with Crippen LogP contribution in [0.2, 0.25) is 0 Å². The summed E-state index contributed by atoms with van der Waals surface area (Å²) in [4.78, 5) is 73.4. The number of phosphoric acid groups is 2. The van der Waals surface area contributed by atoms with Crippen molar-refractivity contribution in [3.05, 3.63) is 0 Å². The van der Waals surface area contributed by atoms with Gasteiger partial charge < -0.3 is 33.8 Å². The first-order valence-corrected chi connectivity index (χ1v) is 49.8. The molecule has 0 bridgehead atoms. The molecule has 654 valence electrons. The number of ether oxygens (including phenoxy) is 4. The first kappa shape index (κ1) is 108. The van der Waals surface area contributed by atoms with Crippen molar-refractivity contribution in [3.8, 4) is 0 Å². The van der Waals surface area contributed by atoms with Crippen molar-refractivity contribution in [2.24, 2.45) is 17.8 Å². The molecule has 110 heavy (non-hydrogen) atoms. The van der Waals surface area contributed by atoms with Crippen LogP contribution in [0.15, 0.2) is 0 Å². The Morgan fingerprint density at radius 1 is 0.245 bits per heavy atom. The number of phosphoric ester groups is 2. The number of esters is 4. The summed E-state index contributed by atoms with van der Waals surface area (Å²) in [5.74, 6) is 0.260. The molecule has 0 aliphatic rings. The molecule has 0 aliphatic heterocycles. The normalized spacial score (nSPS) is 13.8. The lowest BCUT2D eigenvalue weighted by Gasteiger charge is -2.21. The lowest BCUT2D eigenvalue weighted by molar-refractivity contribution is -0.161. The van der Waals surface area contributed by atoms with Crippen LogP contribution in [-0.4, -0.2) is 96.7 Å². The van der Waals surface area contributed by atoms with Gasteiger partial charge in [-0.15, -0.1) is 0 Å². The summed E-state index contributed by atoms with van der Waals surface area (Å²) in [6, 6.07) is 0. The maximum atomic E-state index is 13.2. The molecule has 19 heteroatoms. The molecular weight excluding hydrogens is 1430 g/mol. The minimum Gasteiger partial charge on any atom is -0.462 e. The number of hydrogen-bond acceptors (Lipinski definition) is 15. The molecular formula is C91H178O17P2. The third-order valence-electron chi connectivity index (χ3n) is 21.4. The van der Waals surface area contributed by atoms with Gasteiger partial charge in [-0.3, -0.25) is 37.3 Å².